The maximum atomic E-state index is 14.2. The van der Waals surface area contributed by atoms with Crippen molar-refractivity contribution in [3.8, 4) is 0 Å². The first-order valence-corrected chi connectivity index (χ1v) is 14.3. The number of nitrogens with zero attached hydrogens (tertiary/aromatic N) is 1. The molecule has 0 radical (unpaired) electrons. The molecule has 3 rings (SSSR count). The van der Waals surface area contributed by atoms with Gasteiger partial charge in [-0.15, -0.1) is 0 Å². The van der Waals surface area contributed by atoms with Crippen LogP contribution in [0.1, 0.15) is 63.8 Å². The Kier molecular flexibility index (Phi) is 10.3. The quantitative estimate of drug-likeness (QED) is 0.257. The fourth-order valence-corrected chi connectivity index (χ4v) is 4.81. The summed E-state index contributed by atoms with van der Waals surface area (Å²) in [5, 5.41) is 7.78. The summed E-state index contributed by atoms with van der Waals surface area (Å²) in [5.41, 5.74) is 2.48. The van der Waals surface area contributed by atoms with Crippen molar-refractivity contribution in [3.63, 3.8) is 0 Å². The summed E-state index contributed by atoms with van der Waals surface area (Å²) in [7, 11) is 0. The highest BCUT2D eigenvalue weighted by atomic mass is 32.1. The predicted octanol–water partition coefficient (Wildman–Crippen LogP) is 6.59. The Bertz CT molecular complexity index is 1370. The highest BCUT2D eigenvalue weighted by Gasteiger charge is 2.39. The Morgan fingerprint density at radius 3 is 2.27 bits per heavy atom. The number of benzene rings is 3. The van der Waals surface area contributed by atoms with Crippen LogP contribution in [0.3, 0.4) is 0 Å². The molecule has 40 heavy (non-hydrogen) atoms. The van der Waals surface area contributed by atoms with Gasteiger partial charge < -0.3 is 20.3 Å². The number of hydrogen-bond acceptors (Lipinski definition) is 5. The number of alkyl carbamates (subject to hydrolysis) is 1. The lowest BCUT2D eigenvalue weighted by atomic mass is 9.94. The predicted molar refractivity (Wildman–Crippen MR) is 165 cm³/mol. The van der Waals surface area contributed by atoms with Gasteiger partial charge in [0, 0.05) is 17.5 Å². The van der Waals surface area contributed by atoms with Crippen molar-refractivity contribution in [3.05, 3.63) is 77.4 Å². The molecule has 0 heterocycles. The number of hydrogen-bond donors (Lipinski definition) is 3. The normalized spacial score (nSPS) is 13.7. The first-order chi connectivity index (χ1) is 18.8. The molecule has 3 atom stereocenters. The van der Waals surface area contributed by atoms with E-state index >= 15 is 0 Å². The summed E-state index contributed by atoms with van der Waals surface area (Å²) < 4.78 is 5.39. The summed E-state index contributed by atoms with van der Waals surface area (Å²) in [6, 6.07) is 17.3. The largest absolute Gasteiger partial charge is 0.444 e. The number of carbonyl (C=O) groups is 3. The Labute approximate surface area is 243 Å². The standard InChI is InChI=1S/C32H41N3O4S/c1-8-22(4)35(30(37)27(19-40)34-31(38)39-32(5,6)7)28(26-17-20(2)13-14-21(26)3)29(36)33-25-16-15-23-11-9-10-12-24(23)18-25/h9-18,22,27-28,40H,8,19H2,1-7H3,(H,33,36)(H,34,38). The molecule has 7 nitrogen and oxygen atoms in total. The zero-order chi connectivity index (χ0) is 29.6. The molecule has 3 unspecified atom stereocenters. The first-order valence-electron chi connectivity index (χ1n) is 13.6. The van der Waals surface area contributed by atoms with Gasteiger partial charge in [-0.25, -0.2) is 4.79 Å². The third-order valence-electron chi connectivity index (χ3n) is 6.76. The van der Waals surface area contributed by atoms with Gasteiger partial charge in [0.05, 0.1) is 0 Å². The van der Waals surface area contributed by atoms with E-state index in [1.54, 1.807) is 25.7 Å². The summed E-state index contributed by atoms with van der Waals surface area (Å²) in [5.74, 6) is -0.709. The van der Waals surface area contributed by atoms with E-state index in [1.165, 1.54) is 0 Å². The van der Waals surface area contributed by atoms with Gasteiger partial charge in [-0.3, -0.25) is 9.59 Å². The maximum absolute atomic E-state index is 14.2. The molecule has 0 aliphatic rings. The maximum Gasteiger partial charge on any atom is 0.408 e. The number of amides is 3. The van der Waals surface area contributed by atoms with E-state index in [0.29, 0.717) is 12.1 Å². The number of rotatable bonds is 9. The van der Waals surface area contributed by atoms with Crippen molar-refractivity contribution in [1.29, 1.82) is 0 Å². The van der Waals surface area contributed by atoms with Gasteiger partial charge in [-0.1, -0.05) is 61.0 Å². The Hall–Kier alpha value is -3.52. The SMILES string of the molecule is CCC(C)N(C(=O)C(CS)NC(=O)OC(C)(C)C)C(C(=O)Nc1ccc2ccccc2c1)c1cc(C)ccc1C. The van der Waals surface area contributed by atoms with Crippen LogP contribution in [-0.2, 0) is 14.3 Å². The number of aryl methyl sites for hydroxylation is 2. The lowest BCUT2D eigenvalue weighted by Gasteiger charge is -2.38. The second-order valence-corrected chi connectivity index (χ2v) is 11.6. The average molecular weight is 564 g/mol. The summed E-state index contributed by atoms with van der Waals surface area (Å²) in [4.78, 5) is 42.5. The van der Waals surface area contributed by atoms with Crippen LogP contribution >= 0.6 is 12.6 Å². The van der Waals surface area contributed by atoms with E-state index in [0.717, 1.165) is 27.5 Å². The monoisotopic (exact) mass is 563 g/mol. The van der Waals surface area contributed by atoms with Gasteiger partial charge in [-0.05, 0) is 82.0 Å². The molecule has 0 saturated heterocycles. The molecule has 3 aromatic rings. The van der Waals surface area contributed by atoms with E-state index < -0.39 is 29.7 Å². The first kappa shape index (κ1) is 31.0. The van der Waals surface area contributed by atoms with E-state index in [2.05, 4.69) is 23.3 Å². The second-order valence-electron chi connectivity index (χ2n) is 11.2. The molecular formula is C32H41N3O4S. The van der Waals surface area contributed by atoms with Gasteiger partial charge in [0.1, 0.15) is 17.7 Å². The smallest absolute Gasteiger partial charge is 0.408 e. The third kappa shape index (κ3) is 7.78. The highest BCUT2D eigenvalue weighted by Crippen LogP contribution is 2.31. The molecule has 3 aromatic carbocycles. The number of carbonyl (C=O) groups excluding carboxylic acids is 3. The average Bonchev–Trinajstić information content (AvgIpc) is 2.90. The van der Waals surface area contributed by atoms with Crippen LogP contribution in [0.5, 0.6) is 0 Å². The molecule has 0 aliphatic carbocycles. The molecule has 3 amide bonds. The molecule has 0 aromatic heterocycles. The minimum atomic E-state index is -0.992. The lowest BCUT2D eigenvalue weighted by molar-refractivity contribution is -0.143. The minimum absolute atomic E-state index is 0.0385. The molecule has 214 valence electrons. The molecule has 8 heteroatoms. The summed E-state index contributed by atoms with van der Waals surface area (Å²) in [6.07, 6.45) is -0.116. The van der Waals surface area contributed by atoms with Crippen molar-refractivity contribution in [2.45, 2.75) is 78.6 Å². The van der Waals surface area contributed by atoms with Gasteiger partial charge >= 0.3 is 6.09 Å². The molecule has 0 saturated carbocycles. The van der Waals surface area contributed by atoms with E-state index in [1.807, 2.05) is 88.4 Å². The number of nitrogens with one attached hydrogen (secondary N) is 2. The van der Waals surface area contributed by atoms with E-state index in [-0.39, 0.29) is 17.7 Å². The number of anilines is 1. The lowest BCUT2D eigenvalue weighted by Crippen LogP contribution is -2.55. The van der Waals surface area contributed by atoms with Crippen LogP contribution < -0.4 is 10.6 Å². The fourth-order valence-electron chi connectivity index (χ4n) is 4.56. The third-order valence-corrected chi connectivity index (χ3v) is 7.13. The molecule has 0 aliphatic heterocycles. The van der Waals surface area contributed by atoms with Crippen molar-refractivity contribution in [2.24, 2.45) is 0 Å². The van der Waals surface area contributed by atoms with E-state index in [9.17, 15) is 14.4 Å². The Balaban J connectivity index is 2.06. The van der Waals surface area contributed by atoms with Crippen molar-refractivity contribution in [2.75, 3.05) is 11.1 Å². The van der Waals surface area contributed by atoms with Crippen LogP contribution in [0.15, 0.2) is 60.7 Å². The summed E-state index contributed by atoms with van der Waals surface area (Å²) in [6.45, 7) is 13.0. The topological polar surface area (TPSA) is 87.7 Å². The van der Waals surface area contributed by atoms with Crippen LogP contribution in [-0.4, -0.2) is 46.2 Å². The van der Waals surface area contributed by atoms with Crippen LogP contribution in [0, 0.1) is 13.8 Å². The number of fused-ring (bicyclic) bond motifs is 1. The highest BCUT2D eigenvalue weighted by molar-refractivity contribution is 7.80. The zero-order valence-electron chi connectivity index (χ0n) is 24.4. The van der Waals surface area contributed by atoms with Crippen molar-refractivity contribution in [1.82, 2.24) is 10.2 Å². The molecular weight excluding hydrogens is 522 g/mol. The van der Waals surface area contributed by atoms with Crippen LogP contribution in [0.2, 0.25) is 0 Å². The molecule has 0 fully saturated rings. The number of ether oxygens (including phenoxy) is 1. The van der Waals surface area contributed by atoms with Gasteiger partial charge in [0.15, 0.2) is 0 Å². The van der Waals surface area contributed by atoms with Gasteiger partial charge in [-0.2, -0.15) is 12.6 Å². The van der Waals surface area contributed by atoms with Crippen LogP contribution in [0.4, 0.5) is 10.5 Å². The molecule has 0 spiro atoms. The van der Waals surface area contributed by atoms with Crippen LogP contribution in [0.25, 0.3) is 10.8 Å². The Morgan fingerprint density at radius 1 is 0.975 bits per heavy atom. The number of thiol groups is 1. The zero-order valence-corrected chi connectivity index (χ0v) is 25.3. The molecule has 2 N–H and O–H groups in total. The van der Waals surface area contributed by atoms with Gasteiger partial charge in [0.25, 0.3) is 5.91 Å². The van der Waals surface area contributed by atoms with Crippen molar-refractivity contribution >= 4 is 47.0 Å². The fraction of sp³-hybridized carbons (Fsp3) is 0.406. The Morgan fingerprint density at radius 2 is 1.65 bits per heavy atom. The van der Waals surface area contributed by atoms with Gasteiger partial charge in [0.2, 0.25) is 5.91 Å². The van der Waals surface area contributed by atoms with E-state index in [4.69, 9.17) is 4.74 Å². The molecule has 0 bridgehead atoms. The second kappa shape index (κ2) is 13.2. The minimum Gasteiger partial charge on any atom is -0.444 e. The summed E-state index contributed by atoms with van der Waals surface area (Å²) >= 11 is 4.37. The van der Waals surface area contributed by atoms with Crippen molar-refractivity contribution < 1.29 is 19.1 Å².